The molecule has 0 bridgehead atoms. The zero-order valence-electron chi connectivity index (χ0n) is 28.0. The van der Waals surface area contributed by atoms with Gasteiger partial charge in [0.2, 0.25) is 0 Å². The van der Waals surface area contributed by atoms with Crippen LogP contribution in [0, 0.1) is 0 Å². The van der Waals surface area contributed by atoms with Gasteiger partial charge in [0.05, 0.1) is 33.4 Å². The molecule has 240 valence electrons. The molecule has 4 heteroatoms. The Hall–Kier alpha value is -7.04. The Balaban J connectivity index is 1.46. The molecule has 0 unspecified atom stereocenters. The van der Waals surface area contributed by atoms with E-state index in [4.69, 9.17) is 9.97 Å². The maximum absolute atomic E-state index is 4.72. The molecule has 0 aliphatic heterocycles. The van der Waals surface area contributed by atoms with Gasteiger partial charge in [-0.25, -0.2) is 0 Å². The summed E-state index contributed by atoms with van der Waals surface area (Å²) in [6.07, 6.45) is 7.96. The first-order chi connectivity index (χ1) is 25.9. The second-order valence-corrected chi connectivity index (χ2v) is 13.7. The third-order valence-corrected chi connectivity index (χ3v) is 11.2. The summed E-state index contributed by atoms with van der Waals surface area (Å²) in [6, 6.07) is 53.0. The molecule has 4 nitrogen and oxygen atoms in total. The molecule has 0 saturated carbocycles. The lowest BCUT2D eigenvalue weighted by Gasteiger charge is -2.18. The third-order valence-electron chi connectivity index (χ3n) is 11.2. The Morgan fingerprint density at radius 2 is 0.673 bits per heavy atom. The van der Waals surface area contributed by atoms with Crippen molar-refractivity contribution in [2.75, 3.05) is 0 Å². The molecule has 0 aliphatic carbocycles. The first kappa shape index (κ1) is 27.7. The minimum atomic E-state index is 1.14. The quantitative estimate of drug-likeness (QED) is 0.173. The minimum Gasteiger partial charge on any atom is -0.308 e. The van der Waals surface area contributed by atoms with Crippen LogP contribution in [0.2, 0.25) is 0 Å². The van der Waals surface area contributed by atoms with Crippen molar-refractivity contribution in [3.63, 3.8) is 0 Å². The first-order valence-electron chi connectivity index (χ1n) is 17.7. The Labute approximate surface area is 297 Å². The van der Waals surface area contributed by atoms with Gasteiger partial charge < -0.3 is 9.13 Å². The molecule has 12 rings (SSSR count). The number of rotatable bonds is 2. The molecule has 0 fully saturated rings. The van der Waals surface area contributed by atoms with E-state index in [1.807, 2.05) is 12.4 Å². The zero-order valence-corrected chi connectivity index (χ0v) is 28.0. The maximum atomic E-state index is 4.72. The molecule has 0 radical (unpaired) electrons. The lowest BCUT2D eigenvalue weighted by atomic mass is 9.90. The molecule has 52 heavy (non-hydrogen) atoms. The molecule has 0 amide bonds. The van der Waals surface area contributed by atoms with E-state index in [1.54, 1.807) is 0 Å². The number of benzene rings is 8. The molecule has 0 N–H and O–H groups in total. The van der Waals surface area contributed by atoms with Crippen LogP contribution in [-0.2, 0) is 0 Å². The Bertz CT molecular complexity index is 3230. The minimum absolute atomic E-state index is 1.14. The zero-order chi connectivity index (χ0) is 33.9. The van der Waals surface area contributed by atoms with E-state index in [-0.39, 0.29) is 0 Å². The van der Waals surface area contributed by atoms with Crippen molar-refractivity contribution in [2.45, 2.75) is 0 Å². The van der Waals surface area contributed by atoms with E-state index in [0.29, 0.717) is 0 Å². The molecular weight excluding hydrogens is 633 g/mol. The van der Waals surface area contributed by atoms with Gasteiger partial charge in [0, 0.05) is 67.9 Å². The van der Waals surface area contributed by atoms with Gasteiger partial charge in [-0.05, 0) is 56.6 Å². The Morgan fingerprint density at radius 3 is 1.12 bits per heavy atom. The normalized spacial score (nSPS) is 12.2. The summed E-state index contributed by atoms with van der Waals surface area (Å²) >= 11 is 0. The average molecular weight is 661 g/mol. The molecule has 4 aromatic heterocycles. The van der Waals surface area contributed by atoms with Crippen LogP contribution in [0.25, 0.3) is 109 Å². The third kappa shape index (κ3) is 3.50. The summed E-state index contributed by atoms with van der Waals surface area (Å²) in [5.74, 6) is 0. The van der Waals surface area contributed by atoms with Gasteiger partial charge in [0.25, 0.3) is 0 Å². The fraction of sp³-hybridized carbons (Fsp3) is 0. The van der Waals surface area contributed by atoms with Crippen molar-refractivity contribution in [1.82, 2.24) is 19.1 Å². The molecule has 0 aliphatic rings. The van der Waals surface area contributed by atoms with Crippen LogP contribution in [0.4, 0.5) is 0 Å². The highest BCUT2D eigenvalue weighted by Gasteiger charge is 2.26. The molecule has 0 spiro atoms. The number of pyridine rings is 2. The van der Waals surface area contributed by atoms with Crippen molar-refractivity contribution in [1.29, 1.82) is 0 Å². The Morgan fingerprint density at radius 1 is 0.308 bits per heavy atom. The van der Waals surface area contributed by atoms with Crippen molar-refractivity contribution in [2.24, 2.45) is 0 Å². The van der Waals surface area contributed by atoms with Gasteiger partial charge in [-0.2, -0.15) is 0 Å². The van der Waals surface area contributed by atoms with Crippen LogP contribution in [-0.4, -0.2) is 19.1 Å². The fourth-order valence-corrected chi connectivity index (χ4v) is 9.19. The lowest BCUT2D eigenvalue weighted by Crippen LogP contribution is -1.99. The van der Waals surface area contributed by atoms with E-state index < -0.39 is 0 Å². The van der Waals surface area contributed by atoms with Gasteiger partial charge in [-0.15, -0.1) is 0 Å². The molecule has 12 aromatic rings. The second-order valence-electron chi connectivity index (χ2n) is 13.7. The predicted octanol–water partition coefficient (Wildman–Crippen LogP) is 12.4. The summed E-state index contributed by atoms with van der Waals surface area (Å²) < 4.78 is 5.02. The Kier molecular flexibility index (Phi) is 5.47. The highest BCUT2D eigenvalue weighted by molar-refractivity contribution is 6.44. The molecule has 0 atom stereocenters. The van der Waals surface area contributed by atoms with E-state index in [2.05, 4.69) is 167 Å². The lowest BCUT2D eigenvalue weighted by molar-refractivity contribution is 1.19. The van der Waals surface area contributed by atoms with Gasteiger partial charge in [0.15, 0.2) is 0 Å². The van der Waals surface area contributed by atoms with E-state index in [0.717, 1.165) is 33.2 Å². The summed E-state index contributed by atoms with van der Waals surface area (Å²) in [6.45, 7) is 0. The summed E-state index contributed by atoms with van der Waals surface area (Å²) in [5, 5.41) is 16.9. The predicted molar refractivity (Wildman–Crippen MR) is 218 cm³/mol. The largest absolute Gasteiger partial charge is 0.308 e. The number of hydrogen-bond donors (Lipinski definition) is 0. The average Bonchev–Trinajstić information content (AvgIpc) is 3.74. The standard InChI is InChI=1S/C48H28N4/c1-3-15-31-29(11-1)13-9-21-39(31)51-41-23-25-49-27-37(41)43-33-17-5-8-20-36(33)46-45(47(43)51)35-19-7-6-18-34(35)44-38-28-50-26-24-42(38)52(48(44)46)40-22-10-14-30-12-2-4-16-32(30)40/h1-28H. The van der Waals surface area contributed by atoms with E-state index in [1.165, 1.54) is 75.7 Å². The summed E-state index contributed by atoms with van der Waals surface area (Å²) in [7, 11) is 0. The second kappa shape index (κ2) is 10.3. The topological polar surface area (TPSA) is 35.6 Å². The summed E-state index contributed by atoms with van der Waals surface area (Å²) in [5.41, 5.74) is 6.98. The monoisotopic (exact) mass is 660 g/mol. The van der Waals surface area contributed by atoms with Gasteiger partial charge in [-0.1, -0.05) is 121 Å². The van der Waals surface area contributed by atoms with Crippen LogP contribution in [0.1, 0.15) is 0 Å². The van der Waals surface area contributed by atoms with Crippen LogP contribution < -0.4 is 0 Å². The summed E-state index contributed by atoms with van der Waals surface area (Å²) in [4.78, 5) is 9.44. The van der Waals surface area contributed by atoms with Crippen molar-refractivity contribution in [3.05, 3.63) is 170 Å². The van der Waals surface area contributed by atoms with Crippen molar-refractivity contribution in [3.8, 4) is 11.4 Å². The molecular formula is C48H28N4. The van der Waals surface area contributed by atoms with Gasteiger partial charge >= 0.3 is 0 Å². The van der Waals surface area contributed by atoms with Crippen molar-refractivity contribution < 1.29 is 0 Å². The van der Waals surface area contributed by atoms with E-state index in [9.17, 15) is 0 Å². The molecule has 8 aromatic carbocycles. The SMILES string of the molecule is c1ccc2c(-n3c4ccncc4c4c5ccccc5c5c(c6ccccc6c6c7cnccc7n(-c7cccc8ccccc78)c65)c43)cccc2c1. The maximum Gasteiger partial charge on any atom is 0.0633 e. The van der Waals surface area contributed by atoms with Crippen LogP contribution in [0.5, 0.6) is 0 Å². The number of nitrogens with zero attached hydrogens (tertiary/aromatic N) is 4. The van der Waals surface area contributed by atoms with Gasteiger partial charge in [-0.3, -0.25) is 9.97 Å². The van der Waals surface area contributed by atoms with Crippen molar-refractivity contribution >= 4 is 97.5 Å². The fourth-order valence-electron chi connectivity index (χ4n) is 9.19. The smallest absolute Gasteiger partial charge is 0.0633 e. The highest BCUT2D eigenvalue weighted by Crippen LogP contribution is 2.50. The first-order valence-corrected chi connectivity index (χ1v) is 17.7. The van der Waals surface area contributed by atoms with Crippen LogP contribution in [0.15, 0.2) is 170 Å². The number of hydrogen-bond acceptors (Lipinski definition) is 2. The molecule has 4 heterocycles. The molecule has 0 saturated heterocycles. The van der Waals surface area contributed by atoms with E-state index >= 15 is 0 Å². The number of aromatic nitrogens is 4. The van der Waals surface area contributed by atoms with Crippen LogP contribution in [0.3, 0.4) is 0 Å². The van der Waals surface area contributed by atoms with Crippen LogP contribution >= 0.6 is 0 Å². The number of fused-ring (bicyclic) bond motifs is 17. The highest BCUT2D eigenvalue weighted by atomic mass is 15.0. The van der Waals surface area contributed by atoms with Gasteiger partial charge in [0.1, 0.15) is 0 Å².